The number of aliphatic hydroxyl groups excluding tert-OH is 1. The number of fused-ring (bicyclic) bond motifs is 1. The Hall–Kier alpha value is -2.78. The molecule has 0 saturated carbocycles. The van der Waals surface area contributed by atoms with E-state index in [4.69, 9.17) is 4.74 Å². The first-order valence-corrected chi connectivity index (χ1v) is 14.9. The minimum Gasteiger partial charge on any atom is -0.461 e. The van der Waals surface area contributed by atoms with Crippen molar-refractivity contribution >= 4 is 40.9 Å². The van der Waals surface area contributed by atoms with Crippen molar-refractivity contribution in [2.45, 2.75) is 55.6 Å². The molecule has 1 N–H and O–H groups in total. The smallest absolute Gasteiger partial charge is 0.311 e. The van der Waals surface area contributed by atoms with Gasteiger partial charge in [0, 0.05) is 49.4 Å². The number of nitrogens with zero attached hydrogens (tertiary/aromatic N) is 3. The molecule has 2 bridgehead atoms. The molecule has 3 aliphatic heterocycles. The minimum atomic E-state index is -0.705. The number of carbonyl (C=O) groups excluding carboxylic acids is 3. The van der Waals surface area contributed by atoms with Crippen molar-refractivity contribution in [3.63, 3.8) is 0 Å². The molecule has 0 radical (unpaired) electrons. The highest BCUT2D eigenvalue weighted by Crippen LogP contribution is 2.66. The third-order valence-corrected chi connectivity index (χ3v) is 10.3. The van der Waals surface area contributed by atoms with Crippen LogP contribution in [0.25, 0.3) is 0 Å². The van der Waals surface area contributed by atoms with Gasteiger partial charge in [0.2, 0.25) is 5.91 Å². The number of esters is 1. The van der Waals surface area contributed by atoms with Crippen LogP contribution in [-0.2, 0) is 19.1 Å². The molecule has 0 aromatic heterocycles. The van der Waals surface area contributed by atoms with E-state index in [1.807, 2.05) is 24.3 Å². The molecule has 2 amide bonds. The van der Waals surface area contributed by atoms with Crippen LogP contribution in [-0.4, -0.2) is 83.2 Å². The molecule has 1 aromatic rings. The molecule has 212 valence electrons. The van der Waals surface area contributed by atoms with E-state index in [2.05, 4.69) is 31.9 Å². The second-order valence-corrected chi connectivity index (χ2v) is 12.0. The molecule has 1 aromatic carbocycles. The Morgan fingerprint density at radius 2 is 1.85 bits per heavy atom. The van der Waals surface area contributed by atoms with Crippen LogP contribution in [0.5, 0.6) is 0 Å². The lowest BCUT2D eigenvalue weighted by atomic mass is 9.71. The molecule has 3 heterocycles. The summed E-state index contributed by atoms with van der Waals surface area (Å²) in [4.78, 5) is 47.3. The van der Waals surface area contributed by atoms with E-state index in [9.17, 15) is 19.5 Å². The topological polar surface area (TPSA) is 90.4 Å². The van der Waals surface area contributed by atoms with Crippen LogP contribution in [0.1, 0.15) is 39.5 Å². The van der Waals surface area contributed by atoms with Crippen molar-refractivity contribution in [3.8, 4) is 0 Å². The Labute approximate surface area is 236 Å². The van der Waals surface area contributed by atoms with Gasteiger partial charge in [0.1, 0.15) is 12.6 Å². The summed E-state index contributed by atoms with van der Waals surface area (Å²) in [6.45, 7) is 14.3. The number of amides is 2. The fourth-order valence-corrected chi connectivity index (χ4v) is 8.80. The van der Waals surface area contributed by atoms with E-state index in [1.54, 1.807) is 27.6 Å². The highest BCUT2D eigenvalue weighted by Gasteiger charge is 2.74. The molecule has 2 unspecified atom stereocenters. The average Bonchev–Trinajstić information content (AvgIpc) is 3.59. The SMILES string of the molecule is C=CCOC(=O)[C@@H]1[C@@H]2CCC3(S2)C(C(=O)N(CC=C)c2ccc(N(CC)CC)cc2)N(CCCCO)C(=O)[C@H]13. The predicted molar refractivity (Wildman–Crippen MR) is 156 cm³/mol. The first-order chi connectivity index (χ1) is 18.9. The zero-order chi connectivity index (χ0) is 28.2. The molecule has 9 heteroatoms. The number of unbranched alkanes of at least 4 members (excludes halogenated alkanes) is 1. The van der Waals surface area contributed by atoms with Crippen molar-refractivity contribution in [1.82, 2.24) is 4.90 Å². The van der Waals surface area contributed by atoms with Gasteiger partial charge in [0.25, 0.3) is 5.91 Å². The van der Waals surface area contributed by atoms with Gasteiger partial charge in [-0.05, 0) is 63.8 Å². The Balaban J connectivity index is 1.70. The summed E-state index contributed by atoms with van der Waals surface area (Å²) in [6, 6.07) is 7.24. The molecule has 3 fully saturated rings. The number of hydrogen-bond donors (Lipinski definition) is 1. The highest BCUT2D eigenvalue weighted by molar-refractivity contribution is 8.02. The van der Waals surface area contributed by atoms with Gasteiger partial charge in [-0.3, -0.25) is 14.4 Å². The van der Waals surface area contributed by atoms with Crippen LogP contribution >= 0.6 is 11.8 Å². The third-order valence-electron chi connectivity index (χ3n) is 8.32. The van der Waals surface area contributed by atoms with E-state index in [0.717, 1.165) is 30.9 Å². The van der Waals surface area contributed by atoms with Crippen molar-refractivity contribution in [1.29, 1.82) is 0 Å². The number of likely N-dealkylation sites (tertiary alicyclic amines) is 1. The summed E-state index contributed by atoms with van der Waals surface area (Å²) < 4.78 is 4.74. The Morgan fingerprint density at radius 1 is 1.15 bits per heavy atom. The normalized spacial score (nSPS) is 26.8. The van der Waals surface area contributed by atoms with Gasteiger partial charge in [-0.25, -0.2) is 0 Å². The lowest BCUT2D eigenvalue weighted by Gasteiger charge is -2.37. The molecule has 1 spiro atoms. The van der Waals surface area contributed by atoms with Gasteiger partial charge in [-0.2, -0.15) is 0 Å². The highest BCUT2D eigenvalue weighted by atomic mass is 32.2. The quantitative estimate of drug-likeness (QED) is 0.213. The fraction of sp³-hybridized carbons (Fsp3) is 0.567. The predicted octanol–water partition coefficient (Wildman–Crippen LogP) is 3.64. The van der Waals surface area contributed by atoms with Crippen molar-refractivity contribution < 1.29 is 24.2 Å². The van der Waals surface area contributed by atoms with Crippen molar-refractivity contribution in [3.05, 3.63) is 49.6 Å². The molecule has 5 atom stereocenters. The van der Waals surface area contributed by atoms with E-state index in [0.29, 0.717) is 32.4 Å². The summed E-state index contributed by atoms with van der Waals surface area (Å²) in [5.74, 6) is -1.87. The first kappa shape index (κ1) is 29.2. The summed E-state index contributed by atoms with van der Waals surface area (Å²) >= 11 is 1.63. The molecular weight excluding hydrogens is 514 g/mol. The monoisotopic (exact) mass is 555 g/mol. The zero-order valence-electron chi connectivity index (χ0n) is 23.1. The molecular formula is C30H41N3O5S. The second-order valence-electron chi connectivity index (χ2n) is 10.4. The summed E-state index contributed by atoms with van der Waals surface area (Å²) in [6.07, 6.45) is 5.79. The van der Waals surface area contributed by atoms with Gasteiger partial charge >= 0.3 is 5.97 Å². The van der Waals surface area contributed by atoms with Gasteiger partial charge in [0.15, 0.2) is 0 Å². The lowest BCUT2D eigenvalue weighted by Crippen LogP contribution is -2.55. The third kappa shape index (κ3) is 5.23. The Bertz CT molecular complexity index is 1070. The molecule has 3 aliphatic rings. The molecule has 0 aliphatic carbocycles. The van der Waals surface area contributed by atoms with E-state index in [-0.39, 0.29) is 36.2 Å². The molecule has 4 rings (SSSR count). The molecule has 8 nitrogen and oxygen atoms in total. The number of anilines is 2. The van der Waals surface area contributed by atoms with Crippen molar-refractivity contribution in [2.75, 3.05) is 49.2 Å². The Kier molecular flexibility index (Phi) is 9.43. The van der Waals surface area contributed by atoms with E-state index in [1.165, 1.54) is 6.08 Å². The van der Waals surface area contributed by atoms with Gasteiger partial charge in [-0.15, -0.1) is 18.3 Å². The summed E-state index contributed by atoms with van der Waals surface area (Å²) in [7, 11) is 0. The van der Waals surface area contributed by atoms with Gasteiger partial charge in [-0.1, -0.05) is 18.7 Å². The lowest BCUT2D eigenvalue weighted by molar-refractivity contribution is -0.153. The average molecular weight is 556 g/mol. The largest absolute Gasteiger partial charge is 0.461 e. The number of benzene rings is 1. The first-order valence-electron chi connectivity index (χ1n) is 14.0. The fourth-order valence-electron chi connectivity index (χ4n) is 6.60. The summed E-state index contributed by atoms with van der Waals surface area (Å²) in [5, 5.41) is 9.33. The van der Waals surface area contributed by atoms with E-state index >= 15 is 0 Å². The number of thioether (sulfide) groups is 1. The standard InChI is InChI=1S/C30H41N3O5S/c1-5-17-32(22-13-11-21(12-14-22)31(7-3)8-4)28(36)26-30-16-15-23(39-30)24(29(37)38-20-6-2)25(30)27(35)33(26)18-9-10-19-34/h5-6,11-14,23-26,34H,1-2,7-10,15-20H2,3-4H3/t23-,24+,25-,26?,30?/m0/s1. The number of aliphatic hydroxyl groups is 1. The Morgan fingerprint density at radius 3 is 2.46 bits per heavy atom. The molecule has 3 saturated heterocycles. The van der Waals surface area contributed by atoms with Crippen LogP contribution in [0.2, 0.25) is 0 Å². The summed E-state index contributed by atoms with van der Waals surface area (Å²) in [5.41, 5.74) is 1.83. The van der Waals surface area contributed by atoms with Crippen LogP contribution in [0, 0.1) is 11.8 Å². The number of ether oxygens (including phenoxy) is 1. The maximum atomic E-state index is 14.5. The second kappa shape index (κ2) is 12.6. The van der Waals surface area contributed by atoms with Crippen molar-refractivity contribution in [2.24, 2.45) is 11.8 Å². The van der Waals surface area contributed by atoms with Crippen LogP contribution in [0.15, 0.2) is 49.6 Å². The van der Waals surface area contributed by atoms with Crippen LogP contribution in [0.4, 0.5) is 11.4 Å². The van der Waals surface area contributed by atoms with Crippen LogP contribution < -0.4 is 9.80 Å². The van der Waals surface area contributed by atoms with Gasteiger partial charge in [0.05, 0.1) is 16.6 Å². The zero-order valence-corrected chi connectivity index (χ0v) is 23.9. The molecule has 39 heavy (non-hydrogen) atoms. The van der Waals surface area contributed by atoms with E-state index < -0.39 is 22.6 Å². The number of hydrogen-bond acceptors (Lipinski definition) is 7. The van der Waals surface area contributed by atoms with Crippen LogP contribution in [0.3, 0.4) is 0 Å². The number of rotatable bonds is 14. The maximum Gasteiger partial charge on any atom is 0.311 e. The minimum absolute atomic E-state index is 0.0179. The maximum absolute atomic E-state index is 14.5. The van der Waals surface area contributed by atoms with Gasteiger partial charge < -0.3 is 24.5 Å². The number of carbonyl (C=O) groups is 3.